The zero-order chi connectivity index (χ0) is 16.5. The first-order valence-electron chi connectivity index (χ1n) is 6.98. The molecule has 1 aromatic rings. The van der Waals surface area contributed by atoms with Crippen LogP contribution < -0.4 is 0 Å². The molecule has 2 rings (SSSR count). The summed E-state index contributed by atoms with van der Waals surface area (Å²) in [6, 6.07) is -0.618. The minimum atomic E-state index is -1.36. The molecule has 2 atom stereocenters. The topological polar surface area (TPSA) is 90.5 Å². The average Bonchev–Trinajstić information content (AvgIpc) is 2.86. The number of aromatic nitrogens is 2. The Morgan fingerprint density at radius 2 is 2.23 bits per heavy atom. The number of likely N-dealkylation sites (tertiary alicyclic amines) is 1. The highest BCUT2D eigenvalue weighted by atomic mass is 19.1. The quantitative estimate of drug-likeness (QED) is 0.617. The number of carbonyl (C=O) groups is 1. The smallest absolute Gasteiger partial charge is 0.410 e. The highest BCUT2D eigenvalue weighted by molar-refractivity contribution is 5.68. The van der Waals surface area contributed by atoms with E-state index in [0.29, 0.717) is 13.0 Å². The second kappa shape index (κ2) is 5.90. The van der Waals surface area contributed by atoms with Gasteiger partial charge in [0.25, 0.3) is 0 Å². The van der Waals surface area contributed by atoms with E-state index in [1.807, 2.05) is 0 Å². The summed E-state index contributed by atoms with van der Waals surface area (Å²) < 4.78 is 20.8. The van der Waals surface area contributed by atoms with Crippen LogP contribution in [0.1, 0.15) is 33.2 Å². The highest BCUT2D eigenvalue weighted by Crippen LogP contribution is 2.27. The van der Waals surface area contributed by atoms with Gasteiger partial charge in [-0.05, 0) is 27.2 Å². The maximum Gasteiger partial charge on any atom is 0.410 e. The number of ether oxygens (including phenoxy) is 1. The Kier molecular flexibility index (Phi) is 4.34. The van der Waals surface area contributed by atoms with Crippen LogP contribution in [0.2, 0.25) is 0 Å². The van der Waals surface area contributed by atoms with Crippen LogP contribution >= 0.6 is 0 Å². The molecule has 1 amide bonds. The summed E-state index contributed by atoms with van der Waals surface area (Å²) in [7, 11) is 0. The molecule has 1 aliphatic rings. The van der Waals surface area contributed by atoms with E-state index in [9.17, 15) is 19.3 Å². The molecular formula is C13H19FN4O4. The van der Waals surface area contributed by atoms with Gasteiger partial charge in [0, 0.05) is 6.54 Å². The molecule has 0 aliphatic carbocycles. The van der Waals surface area contributed by atoms with Gasteiger partial charge in [0.2, 0.25) is 0 Å². The lowest BCUT2D eigenvalue weighted by atomic mass is 10.0. The van der Waals surface area contributed by atoms with Gasteiger partial charge < -0.3 is 9.64 Å². The Morgan fingerprint density at radius 1 is 1.55 bits per heavy atom. The predicted octanol–water partition coefficient (Wildman–Crippen LogP) is 2.31. The van der Waals surface area contributed by atoms with Gasteiger partial charge in [-0.2, -0.15) is 5.10 Å². The van der Waals surface area contributed by atoms with Crippen molar-refractivity contribution in [3.05, 3.63) is 22.5 Å². The molecule has 2 heterocycles. The van der Waals surface area contributed by atoms with E-state index >= 15 is 0 Å². The van der Waals surface area contributed by atoms with E-state index in [0.717, 1.165) is 6.20 Å². The maximum atomic E-state index is 14.3. The fraction of sp³-hybridized carbons (Fsp3) is 0.692. The summed E-state index contributed by atoms with van der Waals surface area (Å²) in [5.41, 5.74) is -0.815. The van der Waals surface area contributed by atoms with Crippen LogP contribution in [0.5, 0.6) is 0 Å². The molecule has 8 nitrogen and oxygen atoms in total. The number of rotatable bonds is 2. The number of hydrogen-bond donors (Lipinski definition) is 0. The lowest BCUT2D eigenvalue weighted by Gasteiger charge is -2.35. The molecule has 1 saturated heterocycles. The van der Waals surface area contributed by atoms with Crippen LogP contribution in [0, 0.1) is 10.1 Å². The zero-order valence-electron chi connectivity index (χ0n) is 12.7. The third-order valence-corrected chi connectivity index (χ3v) is 3.30. The maximum absolute atomic E-state index is 14.3. The molecular weight excluding hydrogens is 295 g/mol. The highest BCUT2D eigenvalue weighted by Gasteiger charge is 2.35. The fourth-order valence-corrected chi connectivity index (χ4v) is 2.29. The van der Waals surface area contributed by atoms with E-state index in [2.05, 4.69) is 5.10 Å². The largest absolute Gasteiger partial charge is 0.444 e. The Bertz CT molecular complexity index is 569. The lowest BCUT2D eigenvalue weighted by Crippen LogP contribution is -2.47. The molecule has 0 N–H and O–H groups in total. The third-order valence-electron chi connectivity index (χ3n) is 3.30. The molecule has 0 spiro atoms. The SMILES string of the molecule is CC(C)(C)OC(=O)N1CC[C@H](n2cc([N+](=O)[O-])cn2)[C@H](F)C1. The van der Waals surface area contributed by atoms with E-state index in [1.54, 1.807) is 20.8 Å². The van der Waals surface area contributed by atoms with Crippen LogP contribution in [0.25, 0.3) is 0 Å². The summed E-state index contributed by atoms with van der Waals surface area (Å²) in [4.78, 5) is 23.3. The summed E-state index contributed by atoms with van der Waals surface area (Å²) in [5, 5.41) is 14.5. The van der Waals surface area contributed by atoms with E-state index in [-0.39, 0.29) is 12.2 Å². The van der Waals surface area contributed by atoms with Crippen LogP contribution in [-0.4, -0.2) is 50.6 Å². The minimum absolute atomic E-state index is 0.118. The molecule has 22 heavy (non-hydrogen) atoms. The van der Waals surface area contributed by atoms with E-state index in [1.165, 1.54) is 15.8 Å². The molecule has 0 bridgehead atoms. The van der Waals surface area contributed by atoms with Crippen molar-refractivity contribution in [2.45, 2.75) is 45.0 Å². The Balaban J connectivity index is 2.00. The van der Waals surface area contributed by atoms with Crippen molar-refractivity contribution in [3.63, 3.8) is 0 Å². The first kappa shape index (κ1) is 16.2. The van der Waals surface area contributed by atoms with Gasteiger partial charge in [-0.15, -0.1) is 0 Å². The van der Waals surface area contributed by atoms with Gasteiger partial charge in [-0.1, -0.05) is 0 Å². The number of halogens is 1. The molecule has 0 aromatic carbocycles. The summed E-state index contributed by atoms with van der Waals surface area (Å²) in [6.45, 7) is 5.43. The van der Waals surface area contributed by atoms with Gasteiger partial charge in [-0.3, -0.25) is 14.8 Å². The lowest BCUT2D eigenvalue weighted by molar-refractivity contribution is -0.385. The number of hydrogen-bond acceptors (Lipinski definition) is 5. The second-order valence-corrected chi connectivity index (χ2v) is 6.23. The van der Waals surface area contributed by atoms with E-state index < -0.39 is 28.8 Å². The molecule has 0 saturated carbocycles. The number of nitrogens with zero attached hydrogens (tertiary/aromatic N) is 4. The Hall–Kier alpha value is -2.19. The van der Waals surface area contributed by atoms with E-state index in [4.69, 9.17) is 4.74 Å². The van der Waals surface area contributed by atoms with Gasteiger partial charge in [-0.25, -0.2) is 9.18 Å². The van der Waals surface area contributed by atoms with Gasteiger partial charge in [0.1, 0.15) is 24.2 Å². The van der Waals surface area contributed by atoms with Crippen LogP contribution in [0.4, 0.5) is 14.9 Å². The van der Waals surface area contributed by atoms with Gasteiger partial charge >= 0.3 is 11.8 Å². The van der Waals surface area contributed by atoms with Crippen molar-refractivity contribution in [3.8, 4) is 0 Å². The molecule has 0 unspecified atom stereocenters. The standard InChI is InChI=1S/C13H19FN4O4/c1-13(2,3)22-12(19)16-5-4-11(10(14)8-16)17-7-9(6-15-17)18(20)21/h6-7,10-11H,4-5,8H2,1-3H3/t10-,11+/m1/s1. The summed E-state index contributed by atoms with van der Waals surface area (Å²) >= 11 is 0. The zero-order valence-corrected chi connectivity index (χ0v) is 12.7. The molecule has 1 aromatic heterocycles. The van der Waals surface area contributed by atoms with Crippen molar-refractivity contribution >= 4 is 11.8 Å². The van der Waals surface area contributed by atoms with Crippen LogP contribution in [0.3, 0.4) is 0 Å². The summed E-state index contributed by atoms with van der Waals surface area (Å²) in [6.07, 6.45) is 0.702. The molecule has 1 fully saturated rings. The number of nitro groups is 1. The number of piperidine rings is 1. The fourth-order valence-electron chi connectivity index (χ4n) is 2.29. The monoisotopic (exact) mass is 314 g/mol. The van der Waals surface area contributed by atoms with Crippen molar-refractivity contribution < 1.29 is 18.8 Å². The van der Waals surface area contributed by atoms with Crippen LogP contribution in [0.15, 0.2) is 12.4 Å². The van der Waals surface area contributed by atoms with Gasteiger partial charge in [0.15, 0.2) is 0 Å². The number of alkyl halides is 1. The van der Waals surface area contributed by atoms with Gasteiger partial charge in [0.05, 0.1) is 17.5 Å². The molecule has 1 aliphatic heterocycles. The second-order valence-electron chi connectivity index (χ2n) is 6.23. The number of amides is 1. The third kappa shape index (κ3) is 3.71. The van der Waals surface area contributed by atoms with Crippen molar-refractivity contribution in [1.29, 1.82) is 0 Å². The molecule has 122 valence electrons. The van der Waals surface area contributed by atoms with Crippen molar-refractivity contribution in [2.75, 3.05) is 13.1 Å². The average molecular weight is 314 g/mol. The first-order valence-corrected chi connectivity index (χ1v) is 6.98. The van der Waals surface area contributed by atoms with Crippen LogP contribution in [-0.2, 0) is 4.74 Å². The Labute approximate surface area is 127 Å². The predicted molar refractivity (Wildman–Crippen MR) is 75.2 cm³/mol. The van der Waals surface area contributed by atoms with Crippen molar-refractivity contribution in [2.24, 2.45) is 0 Å². The number of carbonyl (C=O) groups excluding carboxylic acids is 1. The summed E-state index contributed by atoms with van der Waals surface area (Å²) in [5.74, 6) is 0. The normalized spacial score (nSPS) is 22.5. The Morgan fingerprint density at radius 3 is 2.73 bits per heavy atom. The molecule has 9 heteroatoms. The first-order chi connectivity index (χ1) is 10.2. The molecule has 0 radical (unpaired) electrons. The van der Waals surface area contributed by atoms with Crippen molar-refractivity contribution in [1.82, 2.24) is 14.7 Å². The minimum Gasteiger partial charge on any atom is -0.444 e.